The number of allylic oxidation sites excluding steroid dienone is 1. The third-order valence-corrected chi connectivity index (χ3v) is 3.22. The van der Waals surface area contributed by atoms with Gasteiger partial charge in [0.2, 0.25) is 11.8 Å². The molecule has 1 unspecified atom stereocenters. The van der Waals surface area contributed by atoms with Crippen LogP contribution < -0.4 is 5.32 Å². The molecular weight excluding hydrogens is 208 g/mol. The van der Waals surface area contributed by atoms with Crippen LogP contribution in [0, 0.1) is 5.41 Å². The summed E-state index contributed by atoms with van der Waals surface area (Å²) in [6.07, 6.45) is 2.07. The first-order valence-electron chi connectivity index (χ1n) is 5.18. The van der Waals surface area contributed by atoms with E-state index in [0.29, 0.717) is 12.0 Å². The molecule has 1 heterocycles. The molecule has 0 aromatic heterocycles. The molecule has 1 aliphatic rings. The summed E-state index contributed by atoms with van der Waals surface area (Å²) in [5.41, 5.74) is -0.561. The largest absolute Gasteiger partial charge is 0.330 e. The van der Waals surface area contributed by atoms with Gasteiger partial charge in [-0.15, -0.1) is 0 Å². The Morgan fingerprint density at radius 3 is 2.44 bits per heavy atom. The highest BCUT2D eigenvalue weighted by atomic mass is 16.2. The van der Waals surface area contributed by atoms with E-state index < -0.39 is 23.3 Å². The Morgan fingerprint density at radius 1 is 1.44 bits per heavy atom. The van der Waals surface area contributed by atoms with E-state index in [4.69, 9.17) is 0 Å². The molecule has 4 amide bonds. The van der Waals surface area contributed by atoms with Crippen LogP contribution in [0.1, 0.15) is 27.2 Å². The second kappa shape index (κ2) is 4.08. The molecule has 16 heavy (non-hydrogen) atoms. The lowest BCUT2D eigenvalue weighted by Crippen LogP contribution is -2.62. The average molecular weight is 224 g/mol. The van der Waals surface area contributed by atoms with Crippen LogP contribution in [0.3, 0.4) is 0 Å². The molecule has 1 atom stereocenters. The van der Waals surface area contributed by atoms with Crippen molar-refractivity contribution in [3.8, 4) is 0 Å². The first-order valence-corrected chi connectivity index (χ1v) is 5.18. The summed E-state index contributed by atoms with van der Waals surface area (Å²) < 4.78 is 0. The third-order valence-electron chi connectivity index (χ3n) is 3.22. The lowest BCUT2D eigenvalue weighted by molar-refractivity contribution is -0.148. The smallest absolute Gasteiger partial charge is 0.276 e. The summed E-state index contributed by atoms with van der Waals surface area (Å²) in [4.78, 5) is 36.2. The molecule has 0 radical (unpaired) electrons. The number of barbiturate groups is 1. The van der Waals surface area contributed by atoms with E-state index in [0.717, 1.165) is 4.90 Å². The topological polar surface area (TPSA) is 66.5 Å². The zero-order chi connectivity index (χ0) is 12.5. The Bertz CT molecular complexity index is 387. The summed E-state index contributed by atoms with van der Waals surface area (Å²) >= 11 is 0. The molecule has 1 aliphatic heterocycles. The van der Waals surface area contributed by atoms with Crippen molar-refractivity contribution in [2.45, 2.75) is 27.2 Å². The zero-order valence-electron chi connectivity index (χ0n) is 9.96. The molecule has 0 saturated carbocycles. The van der Waals surface area contributed by atoms with Crippen LogP contribution in [-0.2, 0) is 9.59 Å². The van der Waals surface area contributed by atoms with Gasteiger partial charge in [0.25, 0.3) is 0 Å². The number of urea groups is 1. The minimum absolute atomic E-state index is 0.339. The lowest BCUT2D eigenvalue weighted by Gasteiger charge is -2.37. The monoisotopic (exact) mass is 224 g/mol. The summed E-state index contributed by atoms with van der Waals surface area (Å²) in [5, 5.41) is 2.20. The van der Waals surface area contributed by atoms with Gasteiger partial charge in [-0.3, -0.25) is 19.8 Å². The Labute approximate surface area is 94.5 Å². The molecule has 0 spiro atoms. The van der Waals surface area contributed by atoms with Gasteiger partial charge in [-0.25, -0.2) is 4.79 Å². The molecule has 1 fully saturated rings. The van der Waals surface area contributed by atoms with E-state index in [1.54, 1.807) is 26.8 Å². The van der Waals surface area contributed by atoms with Gasteiger partial charge in [-0.2, -0.15) is 0 Å². The number of amides is 4. The Kier molecular flexibility index (Phi) is 3.16. The fourth-order valence-corrected chi connectivity index (χ4v) is 1.95. The molecule has 88 valence electrons. The molecule has 1 saturated heterocycles. The number of imide groups is 2. The molecule has 1 N–H and O–H groups in total. The van der Waals surface area contributed by atoms with Gasteiger partial charge in [-0.1, -0.05) is 18.6 Å². The lowest BCUT2D eigenvalue weighted by atomic mass is 9.75. The van der Waals surface area contributed by atoms with E-state index in [1.165, 1.54) is 7.05 Å². The van der Waals surface area contributed by atoms with Crippen LogP contribution >= 0.6 is 0 Å². The van der Waals surface area contributed by atoms with Crippen LogP contribution in [0.15, 0.2) is 11.6 Å². The number of hydrogen-bond donors (Lipinski definition) is 1. The maximum Gasteiger partial charge on any atom is 0.330 e. The molecule has 1 rings (SSSR count). The normalized spacial score (nSPS) is 27.1. The third kappa shape index (κ3) is 1.43. The van der Waals surface area contributed by atoms with Crippen LogP contribution in [0.2, 0.25) is 0 Å². The van der Waals surface area contributed by atoms with Gasteiger partial charge < -0.3 is 0 Å². The van der Waals surface area contributed by atoms with Crippen LogP contribution in [0.5, 0.6) is 0 Å². The Balaban J connectivity index is 3.33. The Hall–Kier alpha value is -1.65. The fraction of sp³-hybridized carbons (Fsp3) is 0.545. The van der Waals surface area contributed by atoms with Crippen molar-refractivity contribution in [1.82, 2.24) is 10.2 Å². The van der Waals surface area contributed by atoms with E-state index in [2.05, 4.69) is 5.32 Å². The van der Waals surface area contributed by atoms with E-state index in [-0.39, 0.29) is 0 Å². The molecule has 0 bridgehead atoms. The summed E-state index contributed by atoms with van der Waals surface area (Å²) in [6, 6.07) is -0.664. The van der Waals surface area contributed by atoms with Crippen LogP contribution in [0.25, 0.3) is 0 Å². The maximum atomic E-state index is 12.1. The summed E-state index contributed by atoms with van der Waals surface area (Å²) in [7, 11) is 1.37. The number of nitrogens with zero attached hydrogens (tertiary/aromatic N) is 1. The molecule has 0 aliphatic carbocycles. The van der Waals surface area contributed by atoms with Gasteiger partial charge in [0.1, 0.15) is 5.41 Å². The van der Waals surface area contributed by atoms with E-state index in [1.807, 2.05) is 0 Å². The van der Waals surface area contributed by atoms with Gasteiger partial charge in [0, 0.05) is 7.05 Å². The van der Waals surface area contributed by atoms with Crippen molar-refractivity contribution in [2.24, 2.45) is 5.41 Å². The molecular formula is C11H16N2O3. The molecule has 5 heteroatoms. The predicted octanol–water partition coefficient (Wildman–Crippen LogP) is 1.06. The highest BCUT2D eigenvalue weighted by Gasteiger charge is 2.52. The maximum absolute atomic E-state index is 12.1. The quantitative estimate of drug-likeness (QED) is 0.563. The SMILES string of the molecule is CC=C(C)C1(CC)C(=O)NC(=O)N(C)C1=O. The van der Waals surface area contributed by atoms with Crippen molar-refractivity contribution >= 4 is 17.8 Å². The van der Waals surface area contributed by atoms with Crippen molar-refractivity contribution < 1.29 is 14.4 Å². The standard InChI is InChI=1S/C11H16N2O3/c1-5-7(3)11(6-2)8(14)12-10(16)13(4)9(11)15/h5H,6H2,1-4H3,(H,12,14,16). The molecule has 0 aromatic carbocycles. The number of carbonyl (C=O) groups is 3. The predicted molar refractivity (Wildman–Crippen MR) is 58.5 cm³/mol. The highest BCUT2D eigenvalue weighted by Crippen LogP contribution is 2.35. The zero-order valence-corrected chi connectivity index (χ0v) is 9.96. The van der Waals surface area contributed by atoms with Crippen LogP contribution in [-0.4, -0.2) is 29.8 Å². The second-order valence-electron chi connectivity index (χ2n) is 3.85. The number of nitrogens with one attached hydrogen (secondary N) is 1. The van der Waals surface area contributed by atoms with Gasteiger partial charge >= 0.3 is 6.03 Å². The first kappa shape index (κ1) is 12.4. The number of carbonyl (C=O) groups excluding carboxylic acids is 3. The minimum atomic E-state index is -1.22. The van der Waals surface area contributed by atoms with Crippen molar-refractivity contribution in [1.29, 1.82) is 0 Å². The van der Waals surface area contributed by atoms with Crippen molar-refractivity contribution in [3.63, 3.8) is 0 Å². The van der Waals surface area contributed by atoms with E-state index >= 15 is 0 Å². The van der Waals surface area contributed by atoms with Crippen molar-refractivity contribution in [2.75, 3.05) is 7.05 Å². The fourth-order valence-electron chi connectivity index (χ4n) is 1.95. The van der Waals surface area contributed by atoms with Gasteiger partial charge in [-0.05, 0) is 20.3 Å². The van der Waals surface area contributed by atoms with Gasteiger partial charge in [0.05, 0.1) is 0 Å². The van der Waals surface area contributed by atoms with E-state index in [9.17, 15) is 14.4 Å². The first-order chi connectivity index (χ1) is 7.41. The Morgan fingerprint density at radius 2 is 2.00 bits per heavy atom. The number of rotatable bonds is 2. The number of hydrogen-bond acceptors (Lipinski definition) is 3. The second-order valence-corrected chi connectivity index (χ2v) is 3.85. The van der Waals surface area contributed by atoms with Gasteiger partial charge in [0.15, 0.2) is 0 Å². The average Bonchev–Trinajstić information content (AvgIpc) is 2.27. The van der Waals surface area contributed by atoms with Crippen molar-refractivity contribution in [3.05, 3.63) is 11.6 Å². The molecule has 5 nitrogen and oxygen atoms in total. The summed E-state index contributed by atoms with van der Waals surface area (Å²) in [6.45, 7) is 5.25. The molecule has 0 aromatic rings. The minimum Gasteiger partial charge on any atom is -0.276 e. The highest BCUT2D eigenvalue weighted by molar-refractivity contribution is 6.20. The summed E-state index contributed by atoms with van der Waals surface area (Å²) in [5.74, 6) is -0.988. The van der Waals surface area contributed by atoms with Crippen LogP contribution in [0.4, 0.5) is 4.79 Å².